The van der Waals surface area contributed by atoms with Crippen LogP contribution < -0.4 is 0 Å². The Hall–Kier alpha value is -0.809. The van der Waals surface area contributed by atoms with E-state index in [0.29, 0.717) is 0 Å². The van der Waals surface area contributed by atoms with Gasteiger partial charge in [-0.2, -0.15) is 0 Å². The highest BCUT2D eigenvalue weighted by Crippen LogP contribution is 2.41. The summed E-state index contributed by atoms with van der Waals surface area (Å²) in [7, 11) is -5.98. The lowest BCUT2D eigenvalue weighted by Gasteiger charge is -2.43. The van der Waals surface area contributed by atoms with Crippen LogP contribution in [0.25, 0.3) is 0 Å². The fourth-order valence-electron chi connectivity index (χ4n) is 2.98. The molecule has 0 aromatic rings. The van der Waals surface area contributed by atoms with Crippen molar-refractivity contribution in [1.82, 2.24) is 0 Å². The van der Waals surface area contributed by atoms with E-state index in [1.54, 1.807) is 6.08 Å². The van der Waals surface area contributed by atoms with Gasteiger partial charge in [0, 0.05) is 0 Å². The summed E-state index contributed by atoms with van der Waals surface area (Å²) in [5, 5.41) is 10.8. The zero-order chi connectivity index (χ0) is 31.8. The van der Waals surface area contributed by atoms with Gasteiger partial charge in [0.2, 0.25) is 0 Å². The molecule has 0 spiro atoms. The normalized spacial score (nSPS) is 18.2. The first-order valence-corrected chi connectivity index (χ1v) is 23.5. The second-order valence-corrected chi connectivity index (χ2v) is 29.8. The molecule has 40 heavy (non-hydrogen) atoms. The van der Waals surface area contributed by atoms with Crippen molar-refractivity contribution in [2.75, 3.05) is 0 Å². The highest BCUT2D eigenvalue weighted by atomic mass is 28.4. The fraction of sp³-hybridized carbons (Fsp3) is 0.697. The molecular formula is C33H64O4Si3. The van der Waals surface area contributed by atoms with Gasteiger partial charge < -0.3 is 18.4 Å². The van der Waals surface area contributed by atoms with Crippen LogP contribution in [0.4, 0.5) is 0 Å². The lowest BCUT2D eigenvalue weighted by molar-refractivity contribution is 0.0693. The molecule has 0 aliphatic heterocycles. The summed E-state index contributed by atoms with van der Waals surface area (Å²) in [5.41, 5.74) is 0. The van der Waals surface area contributed by atoms with Crippen LogP contribution in [0, 0.1) is 0 Å². The third-order valence-electron chi connectivity index (χ3n) is 8.96. The van der Waals surface area contributed by atoms with E-state index in [4.69, 9.17) is 13.3 Å². The number of aliphatic hydroxyl groups is 1. The fourth-order valence-corrected chi connectivity index (χ4v) is 6.91. The predicted molar refractivity (Wildman–Crippen MR) is 185 cm³/mol. The molecule has 0 heterocycles. The molecule has 4 nitrogen and oxygen atoms in total. The van der Waals surface area contributed by atoms with Crippen LogP contribution in [0.1, 0.15) is 69.2 Å². The van der Waals surface area contributed by atoms with Crippen LogP contribution in [-0.4, -0.2) is 54.5 Å². The second kappa shape index (κ2) is 15.1. The molecule has 7 heteroatoms. The van der Waals surface area contributed by atoms with Crippen LogP contribution in [0.5, 0.6) is 0 Å². The maximum Gasteiger partial charge on any atom is 0.193 e. The SMILES string of the molecule is C=C[C@@H](O[Si](C)(C)C(C)(C)C)[C@@H](/C=C/C=C/C=C/C=C/[C@H](O)[C@@H](C)O[Si](C)(C)C(C)(C)C)O[Si](C)(C)C(C)(C)C. The van der Waals surface area contributed by atoms with Gasteiger partial charge in [-0.1, -0.05) is 117 Å². The lowest BCUT2D eigenvalue weighted by Crippen LogP contribution is -2.50. The summed E-state index contributed by atoms with van der Waals surface area (Å²) in [6.45, 7) is 39.7. The number of hydrogen-bond donors (Lipinski definition) is 1. The van der Waals surface area contributed by atoms with Crippen molar-refractivity contribution in [2.24, 2.45) is 0 Å². The van der Waals surface area contributed by atoms with E-state index in [-0.39, 0.29) is 33.4 Å². The summed E-state index contributed by atoms with van der Waals surface area (Å²) in [6, 6.07) is 0. The molecule has 0 amide bonds. The van der Waals surface area contributed by atoms with Gasteiger partial charge >= 0.3 is 0 Å². The number of allylic oxidation sites excluding steroid dienone is 6. The van der Waals surface area contributed by atoms with Crippen LogP contribution in [-0.2, 0) is 13.3 Å². The first kappa shape index (κ1) is 39.2. The molecule has 1 N–H and O–H groups in total. The van der Waals surface area contributed by atoms with Crippen molar-refractivity contribution in [3.8, 4) is 0 Å². The van der Waals surface area contributed by atoms with E-state index in [0.717, 1.165) is 0 Å². The highest BCUT2D eigenvalue weighted by Gasteiger charge is 2.43. The molecule has 0 aromatic heterocycles. The minimum absolute atomic E-state index is 0.0878. The van der Waals surface area contributed by atoms with Crippen LogP contribution in [0.3, 0.4) is 0 Å². The zero-order valence-corrected chi connectivity index (χ0v) is 31.9. The quantitative estimate of drug-likeness (QED) is 0.121. The van der Waals surface area contributed by atoms with Gasteiger partial charge in [-0.05, 0) is 61.3 Å². The topological polar surface area (TPSA) is 47.9 Å². The molecular weight excluding hydrogens is 545 g/mol. The van der Waals surface area contributed by atoms with E-state index < -0.39 is 31.1 Å². The standard InChI is InChI=1S/C33H64O4Si3/c1-18-29(36-39(14,15)32(6,7)8)30(37-40(16,17)33(9,10)11)26-24-22-20-19-21-23-25-28(34)27(2)35-38(12,13)31(3,4)5/h18-30,34H,1H2,2-17H3/b21-19+,22-20+,25-23+,26-24+/t27-,28+,29-,30-/m1/s1. The smallest absolute Gasteiger partial charge is 0.193 e. The van der Waals surface area contributed by atoms with E-state index in [2.05, 4.69) is 114 Å². The Morgan fingerprint density at radius 1 is 0.550 bits per heavy atom. The van der Waals surface area contributed by atoms with Crippen molar-refractivity contribution in [2.45, 2.75) is 148 Å². The summed E-state index contributed by atoms with van der Waals surface area (Å²) in [4.78, 5) is 0. The summed E-state index contributed by atoms with van der Waals surface area (Å²) >= 11 is 0. The van der Waals surface area contributed by atoms with Gasteiger partial charge in [-0.25, -0.2) is 0 Å². The third kappa shape index (κ3) is 12.6. The Kier molecular flexibility index (Phi) is 14.8. The average Bonchev–Trinajstić information content (AvgIpc) is 2.75. The van der Waals surface area contributed by atoms with Gasteiger partial charge in [0.25, 0.3) is 0 Å². The number of rotatable bonds is 14. The molecule has 0 bridgehead atoms. The molecule has 0 saturated heterocycles. The molecule has 0 aliphatic rings. The lowest BCUT2D eigenvalue weighted by atomic mass is 10.2. The van der Waals surface area contributed by atoms with Gasteiger partial charge in [0.15, 0.2) is 25.0 Å². The van der Waals surface area contributed by atoms with Gasteiger partial charge in [0.05, 0.1) is 24.4 Å². The van der Waals surface area contributed by atoms with Crippen molar-refractivity contribution in [1.29, 1.82) is 0 Å². The van der Waals surface area contributed by atoms with Crippen molar-refractivity contribution in [3.63, 3.8) is 0 Å². The minimum atomic E-state index is -2.04. The van der Waals surface area contributed by atoms with Crippen LogP contribution >= 0.6 is 0 Å². The highest BCUT2D eigenvalue weighted by molar-refractivity contribution is 6.75. The molecule has 232 valence electrons. The van der Waals surface area contributed by atoms with Gasteiger partial charge in [0.1, 0.15) is 0 Å². The Bertz CT molecular complexity index is 894. The first-order chi connectivity index (χ1) is 17.8. The molecule has 4 atom stereocenters. The number of aliphatic hydroxyl groups excluding tert-OH is 1. The molecule has 0 radical (unpaired) electrons. The van der Waals surface area contributed by atoms with Gasteiger partial charge in [-0.15, -0.1) is 6.58 Å². The average molecular weight is 609 g/mol. The van der Waals surface area contributed by atoms with E-state index in [1.165, 1.54) is 0 Å². The van der Waals surface area contributed by atoms with E-state index in [9.17, 15) is 5.11 Å². The number of hydrogen-bond acceptors (Lipinski definition) is 4. The second-order valence-electron chi connectivity index (χ2n) is 15.5. The predicted octanol–water partition coefficient (Wildman–Crippen LogP) is 9.95. The van der Waals surface area contributed by atoms with Crippen molar-refractivity contribution in [3.05, 3.63) is 61.3 Å². The molecule has 0 fully saturated rings. The Labute approximate surface area is 252 Å². The molecule has 0 aliphatic carbocycles. The van der Waals surface area contributed by atoms with E-state index >= 15 is 0 Å². The first-order valence-electron chi connectivity index (χ1n) is 14.8. The Morgan fingerprint density at radius 3 is 1.25 bits per heavy atom. The Balaban J connectivity index is 5.53. The monoisotopic (exact) mass is 608 g/mol. The largest absolute Gasteiger partial charge is 0.411 e. The molecule has 0 unspecified atom stereocenters. The maximum atomic E-state index is 10.5. The van der Waals surface area contributed by atoms with Crippen LogP contribution in [0.2, 0.25) is 54.4 Å². The minimum Gasteiger partial charge on any atom is -0.411 e. The summed E-state index contributed by atoms with van der Waals surface area (Å²) < 4.78 is 19.9. The van der Waals surface area contributed by atoms with Crippen molar-refractivity contribution < 1.29 is 18.4 Å². The maximum absolute atomic E-state index is 10.5. The molecule has 0 saturated carbocycles. The summed E-state index contributed by atoms with van der Waals surface area (Å²) in [6.07, 6.45) is 16.2. The van der Waals surface area contributed by atoms with E-state index in [1.807, 2.05) is 49.5 Å². The third-order valence-corrected chi connectivity index (χ3v) is 22.5. The Morgan fingerprint density at radius 2 is 0.875 bits per heavy atom. The summed E-state index contributed by atoms with van der Waals surface area (Å²) in [5.74, 6) is 0. The van der Waals surface area contributed by atoms with Gasteiger partial charge in [-0.3, -0.25) is 0 Å². The molecule has 0 rings (SSSR count). The molecule has 0 aromatic carbocycles. The van der Waals surface area contributed by atoms with Crippen LogP contribution in [0.15, 0.2) is 61.3 Å². The van der Waals surface area contributed by atoms with Crippen molar-refractivity contribution >= 4 is 25.0 Å². The zero-order valence-electron chi connectivity index (χ0n) is 28.9.